The van der Waals surface area contributed by atoms with Gasteiger partial charge >= 0.3 is 0 Å². The van der Waals surface area contributed by atoms with Crippen LogP contribution in [0.4, 0.5) is 5.69 Å². The van der Waals surface area contributed by atoms with E-state index in [9.17, 15) is 18.3 Å². The molecule has 3 rings (SSSR count). The van der Waals surface area contributed by atoms with Gasteiger partial charge in [0.15, 0.2) is 9.84 Å². The van der Waals surface area contributed by atoms with Gasteiger partial charge in [-0.15, -0.1) is 0 Å². The molecule has 0 saturated heterocycles. The molecule has 0 fully saturated rings. The molecule has 0 aliphatic heterocycles. The molecule has 1 unspecified atom stereocenters. The number of anilines is 1. The fraction of sp³-hybridized carbons (Fsp3) is 0.208. The van der Waals surface area contributed by atoms with E-state index in [1.807, 2.05) is 36.4 Å². The summed E-state index contributed by atoms with van der Waals surface area (Å²) in [4.78, 5) is 11.9. The van der Waals surface area contributed by atoms with Gasteiger partial charge in [0.1, 0.15) is 5.60 Å². The molecule has 3 aromatic carbocycles. The number of carbonyl (C=O) groups is 1. The first-order chi connectivity index (χ1) is 14.1. The topological polar surface area (TPSA) is 83.5 Å². The fourth-order valence-corrected chi connectivity index (χ4v) is 4.21. The molecule has 0 bridgehead atoms. The van der Waals surface area contributed by atoms with Crippen LogP contribution < -0.4 is 5.32 Å². The maximum absolute atomic E-state index is 12.1. The zero-order chi connectivity index (χ0) is 21.9. The number of carbonyl (C=O) groups excluding carboxylic acids is 1. The van der Waals surface area contributed by atoms with Gasteiger partial charge < -0.3 is 10.4 Å². The van der Waals surface area contributed by atoms with Gasteiger partial charge in [-0.3, -0.25) is 4.79 Å². The SMILES string of the molecule is CCS(=O)(=O)c1ccc(-c2cc(C(C)(O)c3ccccc3)ccc2NC(C)=O)cc1. The molecule has 0 saturated carbocycles. The first kappa shape index (κ1) is 21.7. The Morgan fingerprint density at radius 2 is 1.60 bits per heavy atom. The molecule has 0 aliphatic rings. The summed E-state index contributed by atoms with van der Waals surface area (Å²) in [5, 5.41) is 14.0. The minimum atomic E-state index is -3.30. The monoisotopic (exact) mass is 423 g/mol. The summed E-state index contributed by atoms with van der Waals surface area (Å²) in [7, 11) is -3.30. The molecule has 1 atom stereocenters. The van der Waals surface area contributed by atoms with E-state index in [1.165, 1.54) is 6.92 Å². The lowest BCUT2D eigenvalue weighted by molar-refractivity contribution is -0.114. The van der Waals surface area contributed by atoms with Crippen molar-refractivity contribution in [2.45, 2.75) is 31.3 Å². The lowest BCUT2D eigenvalue weighted by Crippen LogP contribution is -2.23. The summed E-state index contributed by atoms with van der Waals surface area (Å²) in [5.41, 5.74) is 2.17. The number of nitrogens with one attached hydrogen (secondary N) is 1. The van der Waals surface area contributed by atoms with Crippen LogP contribution in [0.15, 0.2) is 77.7 Å². The normalized spacial score (nSPS) is 13.5. The van der Waals surface area contributed by atoms with Crippen molar-refractivity contribution in [3.8, 4) is 11.1 Å². The van der Waals surface area contributed by atoms with Crippen molar-refractivity contribution in [2.75, 3.05) is 11.1 Å². The highest BCUT2D eigenvalue weighted by Gasteiger charge is 2.26. The molecule has 0 spiro atoms. The van der Waals surface area contributed by atoms with E-state index in [0.717, 1.165) is 11.1 Å². The number of hydrogen-bond acceptors (Lipinski definition) is 4. The van der Waals surface area contributed by atoms with Crippen LogP contribution in [0.1, 0.15) is 31.9 Å². The first-order valence-electron chi connectivity index (χ1n) is 9.68. The highest BCUT2D eigenvalue weighted by atomic mass is 32.2. The third-order valence-corrected chi connectivity index (χ3v) is 6.88. The van der Waals surface area contributed by atoms with Crippen LogP contribution in [-0.2, 0) is 20.2 Å². The second kappa shape index (κ2) is 8.42. The van der Waals surface area contributed by atoms with Gasteiger partial charge in [0.25, 0.3) is 0 Å². The summed E-state index contributed by atoms with van der Waals surface area (Å²) >= 11 is 0. The Morgan fingerprint density at radius 3 is 2.17 bits per heavy atom. The summed E-state index contributed by atoms with van der Waals surface area (Å²) in [5.74, 6) is -0.192. The van der Waals surface area contributed by atoms with E-state index >= 15 is 0 Å². The molecule has 156 valence electrons. The lowest BCUT2D eigenvalue weighted by Gasteiger charge is -2.26. The quantitative estimate of drug-likeness (QED) is 0.617. The standard InChI is InChI=1S/C24H25NO4S/c1-4-30(28,29)21-13-10-18(11-14-21)22-16-20(12-15-23(22)25-17(2)26)24(3,27)19-8-6-5-7-9-19/h5-16,27H,4H2,1-3H3,(H,25,26). The van der Waals surface area contributed by atoms with E-state index < -0.39 is 15.4 Å². The fourth-order valence-electron chi connectivity index (χ4n) is 3.32. The predicted octanol–water partition coefficient (Wildman–Crippen LogP) is 4.36. The molecular weight excluding hydrogens is 398 g/mol. The Hall–Kier alpha value is -2.96. The maximum Gasteiger partial charge on any atom is 0.221 e. The van der Waals surface area contributed by atoms with Crippen LogP contribution in [0.25, 0.3) is 11.1 Å². The minimum Gasteiger partial charge on any atom is -0.381 e. The van der Waals surface area contributed by atoms with Crippen LogP contribution in [0, 0.1) is 0 Å². The molecule has 1 amide bonds. The predicted molar refractivity (Wildman–Crippen MR) is 119 cm³/mol. The van der Waals surface area contributed by atoms with Gasteiger partial charge in [-0.05, 0) is 47.9 Å². The van der Waals surface area contributed by atoms with Gasteiger partial charge in [-0.25, -0.2) is 8.42 Å². The average Bonchev–Trinajstić information content (AvgIpc) is 2.74. The van der Waals surface area contributed by atoms with E-state index in [4.69, 9.17) is 0 Å². The van der Waals surface area contributed by atoms with Gasteiger partial charge in [0.2, 0.25) is 5.91 Å². The second-order valence-electron chi connectivity index (χ2n) is 7.31. The average molecular weight is 424 g/mol. The zero-order valence-corrected chi connectivity index (χ0v) is 18.0. The zero-order valence-electron chi connectivity index (χ0n) is 17.2. The molecule has 5 nitrogen and oxygen atoms in total. The van der Waals surface area contributed by atoms with Crippen molar-refractivity contribution in [3.63, 3.8) is 0 Å². The Labute approximate surface area is 177 Å². The van der Waals surface area contributed by atoms with Crippen molar-refractivity contribution in [3.05, 3.63) is 83.9 Å². The largest absolute Gasteiger partial charge is 0.381 e. The van der Waals surface area contributed by atoms with E-state index in [-0.39, 0.29) is 16.6 Å². The first-order valence-corrected chi connectivity index (χ1v) is 11.3. The Morgan fingerprint density at radius 1 is 0.967 bits per heavy atom. The number of rotatable bonds is 6. The number of benzene rings is 3. The molecule has 0 aromatic heterocycles. The van der Waals surface area contributed by atoms with Crippen LogP contribution >= 0.6 is 0 Å². The summed E-state index contributed by atoms with van der Waals surface area (Å²) in [6.07, 6.45) is 0. The van der Waals surface area contributed by atoms with Crippen LogP contribution in [0.3, 0.4) is 0 Å². The Kier molecular flexibility index (Phi) is 6.10. The van der Waals surface area contributed by atoms with Gasteiger partial charge in [0.05, 0.1) is 10.6 Å². The van der Waals surface area contributed by atoms with Gasteiger partial charge in [0, 0.05) is 18.2 Å². The molecule has 0 aliphatic carbocycles. The number of hydrogen-bond donors (Lipinski definition) is 2. The Bertz CT molecular complexity index is 1150. The van der Waals surface area contributed by atoms with E-state index in [1.54, 1.807) is 50.2 Å². The number of sulfone groups is 1. The lowest BCUT2D eigenvalue weighted by atomic mass is 9.86. The molecule has 30 heavy (non-hydrogen) atoms. The molecule has 0 heterocycles. The molecule has 6 heteroatoms. The van der Waals surface area contributed by atoms with Gasteiger partial charge in [-0.1, -0.05) is 55.5 Å². The van der Waals surface area contributed by atoms with Crippen LogP contribution in [0.5, 0.6) is 0 Å². The van der Waals surface area contributed by atoms with E-state index in [0.29, 0.717) is 16.8 Å². The summed E-state index contributed by atoms with van der Waals surface area (Å²) in [6.45, 7) is 4.75. The number of aliphatic hydroxyl groups is 1. The van der Waals surface area contributed by atoms with Crippen molar-refractivity contribution in [1.29, 1.82) is 0 Å². The van der Waals surface area contributed by atoms with Crippen molar-refractivity contribution < 1.29 is 18.3 Å². The molecule has 0 radical (unpaired) electrons. The second-order valence-corrected chi connectivity index (χ2v) is 9.59. The smallest absolute Gasteiger partial charge is 0.221 e. The van der Waals surface area contributed by atoms with Crippen molar-refractivity contribution in [1.82, 2.24) is 0 Å². The highest BCUT2D eigenvalue weighted by Crippen LogP contribution is 2.36. The van der Waals surface area contributed by atoms with Crippen LogP contribution in [-0.4, -0.2) is 25.2 Å². The molecule has 3 aromatic rings. The third kappa shape index (κ3) is 4.45. The van der Waals surface area contributed by atoms with Gasteiger partial charge in [-0.2, -0.15) is 0 Å². The maximum atomic E-state index is 12.1. The minimum absolute atomic E-state index is 0.0267. The molecular formula is C24H25NO4S. The van der Waals surface area contributed by atoms with E-state index in [2.05, 4.69) is 5.32 Å². The van der Waals surface area contributed by atoms with Crippen LogP contribution in [0.2, 0.25) is 0 Å². The third-order valence-electron chi connectivity index (χ3n) is 5.13. The summed E-state index contributed by atoms with van der Waals surface area (Å²) in [6, 6.07) is 21.2. The summed E-state index contributed by atoms with van der Waals surface area (Å²) < 4.78 is 24.2. The van der Waals surface area contributed by atoms with Crippen molar-refractivity contribution in [2.24, 2.45) is 0 Å². The van der Waals surface area contributed by atoms with Crippen molar-refractivity contribution >= 4 is 21.4 Å². The Balaban J connectivity index is 2.12. The molecule has 2 N–H and O–H groups in total. The highest BCUT2D eigenvalue weighted by molar-refractivity contribution is 7.91. The number of amides is 1.